The Morgan fingerprint density at radius 2 is 2.25 bits per heavy atom. The molecule has 1 amide bonds. The van der Waals surface area contributed by atoms with E-state index in [9.17, 15) is 9.59 Å². The Morgan fingerprint density at radius 3 is 3.00 bits per heavy atom. The molecule has 0 aliphatic carbocycles. The smallest absolute Gasteiger partial charge is 0.283 e. The summed E-state index contributed by atoms with van der Waals surface area (Å²) in [4.78, 5) is 28.3. The Labute approximate surface area is 141 Å². The largest absolute Gasteiger partial charge is 0.372 e. The zero-order chi connectivity index (χ0) is 17.1. The van der Waals surface area contributed by atoms with Crippen molar-refractivity contribution in [1.82, 2.24) is 19.4 Å². The summed E-state index contributed by atoms with van der Waals surface area (Å²) in [5.41, 5.74) is 3.04. The highest BCUT2D eigenvalue weighted by Crippen LogP contribution is 2.17. The van der Waals surface area contributed by atoms with Crippen LogP contribution in [0.25, 0.3) is 16.7 Å². The van der Waals surface area contributed by atoms with Crippen LogP contribution in [0.2, 0.25) is 5.02 Å². The number of amides is 1. The van der Waals surface area contributed by atoms with Crippen molar-refractivity contribution in [2.45, 2.75) is 6.92 Å². The number of ether oxygens (including phenoxy) is 1. The molecule has 2 heterocycles. The first-order chi connectivity index (χ1) is 11.6. The van der Waals surface area contributed by atoms with Crippen molar-refractivity contribution in [1.29, 1.82) is 0 Å². The summed E-state index contributed by atoms with van der Waals surface area (Å²) in [6.45, 7) is 2.05. The Hall–Kier alpha value is -2.71. The summed E-state index contributed by atoms with van der Waals surface area (Å²) in [7, 11) is 0. The number of halogens is 1. The van der Waals surface area contributed by atoms with E-state index in [4.69, 9.17) is 16.3 Å². The van der Waals surface area contributed by atoms with Gasteiger partial charge in [-0.15, -0.1) is 0 Å². The van der Waals surface area contributed by atoms with Gasteiger partial charge < -0.3 is 4.74 Å². The molecule has 0 radical (unpaired) electrons. The Kier molecular flexibility index (Phi) is 4.59. The van der Waals surface area contributed by atoms with Gasteiger partial charge in [-0.1, -0.05) is 17.7 Å². The molecule has 24 heavy (non-hydrogen) atoms. The average Bonchev–Trinajstić information content (AvgIpc) is 3.00. The lowest BCUT2D eigenvalue weighted by Gasteiger charge is -2.08. The van der Waals surface area contributed by atoms with Crippen LogP contribution in [-0.4, -0.2) is 38.6 Å². The molecular weight excluding hydrogens is 334 g/mol. The minimum Gasteiger partial charge on any atom is -0.372 e. The zero-order valence-corrected chi connectivity index (χ0v) is 13.5. The number of carbonyl (C=O) groups excluding carboxylic acids is 1. The summed E-state index contributed by atoms with van der Waals surface area (Å²) in [6, 6.07) is 7.03. The van der Waals surface area contributed by atoms with Crippen LogP contribution < -0.4 is 11.0 Å². The van der Waals surface area contributed by atoms with Gasteiger partial charge >= 0.3 is 0 Å². The molecule has 1 aromatic carbocycles. The molecular formula is C15H14ClN5O3. The van der Waals surface area contributed by atoms with Crippen molar-refractivity contribution in [2.75, 3.05) is 18.6 Å². The Morgan fingerprint density at radius 1 is 1.42 bits per heavy atom. The molecule has 124 valence electrons. The maximum Gasteiger partial charge on any atom is 0.283 e. The molecule has 0 saturated carbocycles. The van der Waals surface area contributed by atoms with Gasteiger partial charge in [0.2, 0.25) is 0 Å². The molecule has 0 aliphatic heterocycles. The van der Waals surface area contributed by atoms with Gasteiger partial charge in [-0.2, -0.15) is 5.10 Å². The van der Waals surface area contributed by atoms with E-state index in [1.807, 2.05) is 0 Å². The monoisotopic (exact) mass is 347 g/mol. The zero-order valence-electron chi connectivity index (χ0n) is 12.8. The van der Waals surface area contributed by atoms with Crippen molar-refractivity contribution >= 4 is 28.5 Å². The highest BCUT2D eigenvalue weighted by Gasteiger charge is 2.13. The third-order valence-corrected chi connectivity index (χ3v) is 3.46. The highest BCUT2D eigenvalue weighted by atomic mass is 35.5. The molecule has 3 aromatic rings. The molecule has 3 rings (SSSR count). The summed E-state index contributed by atoms with van der Waals surface area (Å²) in [5, 5.41) is 5.00. The van der Waals surface area contributed by atoms with Crippen LogP contribution in [0.5, 0.6) is 0 Å². The van der Waals surface area contributed by atoms with Gasteiger partial charge in [0, 0.05) is 11.6 Å². The van der Waals surface area contributed by atoms with Gasteiger partial charge in [0.1, 0.15) is 18.3 Å². The number of nitrogens with zero attached hydrogens (tertiary/aromatic N) is 4. The van der Waals surface area contributed by atoms with Crippen LogP contribution in [0.15, 0.2) is 41.6 Å². The number of carbonyl (C=O) groups is 1. The average molecular weight is 348 g/mol. The first kappa shape index (κ1) is 16.2. The molecule has 0 unspecified atom stereocenters. The SMILES string of the molecule is CCOCC(=O)Nn1cnc2c(cnn2-c2cccc(Cl)c2)c1=O. The fourth-order valence-electron chi connectivity index (χ4n) is 2.15. The number of hydrogen-bond donors (Lipinski definition) is 1. The lowest BCUT2D eigenvalue weighted by atomic mass is 10.3. The predicted octanol–water partition coefficient (Wildman–Crippen LogP) is 1.34. The maximum atomic E-state index is 12.4. The van der Waals surface area contributed by atoms with Crippen molar-refractivity contribution in [3.8, 4) is 5.69 Å². The molecule has 0 aliphatic rings. The van der Waals surface area contributed by atoms with Crippen LogP contribution in [-0.2, 0) is 9.53 Å². The van der Waals surface area contributed by atoms with Crippen LogP contribution in [0, 0.1) is 0 Å². The molecule has 0 saturated heterocycles. The van der Waals surface area contributed by atoms with E-state index in [0.29, 0.717) is 23.0 Å². The Balaban J connectivity index is 1.97. The number of benzene rings is 1. The third kappa shape index (κ3) is 3.15. The first-order valence-electron chi connectivity index (χ1n) is 7.19. The van der Waals surface area contributed by atoms with Crippen molar-refractivity contribution in [3.63, 3.8) is 0 Å². The molecule has 9 heteroatoms. The maximum absolute atomic E-state index is 12.4. The van der Waals surface area contributed by atoms with E-state index >= 15 is 0 Å². The number of aromatic nitrogens is 4. The van der Waals surface area contributed by atoms with Crippen LogP contribution >= 0.6 is 11.6 Å². The second-order valence-corrected chi connectivity index (χ2v) is 5.30. The fourth-order valence-corrected chi connectivity index (χ4v) is 2.33. The second-order valence-electron chi connectivity index (χ2n) is 4.87. The van der Waals surface area contributed by atoms with Gasteiger partial charge in [0.15, 0.2) is 5.65 Å². The van der Waals surface area contributed by atoms with Crippen molar-refractivity contribution in [3.05, 3.63) is 52.2 Å². The molecule has 0 atom stereocenters. The number of rotatable bonds is 5. The number of hydrogen-bond acceptors (Lipinski definition) is 5. The predicted molar refractivity (Wildman–Crippen MR) is 89.0 cm³/mol. The summed E-state index contributed by atoms with van der Waals surface area (Å²) in [6.07, 6.45) is 2.63. The van der Waals surface area contributed by atoms with Crippen LogP contribution in [0.3, 0.4) is 0 Å². The van der Waals surface area contributed by atoms with Gasteiger partial charge in [0.25, 0.3) is 11.5 Å². The van der Waals surface area contributed by atoms with E-state index in [2.05, 4.69) is 15.5 Å². The van der Waals surface area contributed by atoms with Gasteiger partial charge in [-0.05, 0) is 25.1 Å². The lowest BCUT2D eigenvalue weighted by Crippen LogP contribution is -2.35. The summed E-state index contributed by atoms with van der Waals surface area (Å²) in [5.74, 6) is -0.442. The van der Waals surface area contributed by atoms with E-state index in [-0.39, 0.29) is 12.0 Å². The van der Waals surface area contributed by atoms with Gasteiger partial charge in [0.05, 0.1) is 11.9 Å². The number of fused-ring (bicyclic) bond motifs is 1. The minimum atomic E-state index is -0.442. The topological polar surface area (TPSA) is 91.0 Å². The molecule has 2 aromatic heterocycles. The van der Waals surface area contributed by atoms with E-state index in [0.717, 1.165) is 4.68 Å². The molecule has 0 fully saturated rings. The molecule has 0 bridgehead atoms. The molecule has 8 nitrogen and oxygen atoms in total. The van der Waals surface area contributed by atoms with Gasteiger partial charge in [-0.3, -0.25) is 15.0 Å². The highest BCUT2D eigenvalue weighted by molar-refractivity contribution is 6.30. The van der Waals surface area contributed by atoms with Gasteiger partial charge in [-0.25, -0.2) is 14.3 Å². The summed E-state index contributed by atoms with van der Waals surface area (Å²) < 4.78 is 7.51. The fraction of sp³-hybridized carbons (Fsp3) is 0.200. The third-order valence-electron chi connectivity index (χ3n) is 3.22. The van der Waals surface area contributed by atoms with Crippen molar-refractivity contribution in [2.24, 2.45) is 0 Å². The lowest BCUT2D eigenvalue weighted by molar-refractivity contribution is -0.121. The first-order valence-corrected chi connectivity index (χ1v) is 7.57. The van der Waals surface area contributed by atoms with Crippen LogP contribution in [0.1, 0.15) is 6.92 Å². The van der Waals surface area contributed by atoms with Crippen molar-refractivity contribution < 1.29 is 9.53 Å². The standard InChI is InChI=1S/C15H14ClN5O3/c1-2-24-8-13(22)19-20-9-17-14-12(15(20)23)7-18-21(14)11-5-3-4-10(16)6-11/h3-7,9H,2,8H2,1H3,(H,19,22). The normalized spacial score (nSPS) is 10.9. The van der Waals surface area contributed by atoms with E-state index in [1.165, 1.54) is 17.2 Å². The second kappa shape index (κ2) is 6.81. The molecule has 0 spiro atoms. The Bertz CT molecular complexity index is 950. The number of nitrogens with one attached hydrogen (secondary N) is 1. The van der Waals surface area contributed by atoms with E-state index < -0.39 is 11.5 Å². The minimum absolute atomic E-state index is 0.136. The molecule has 1 N–H and O–H groups in total. The summed E-state index contributed by atoms with van der Waals surface area (Å²) >= 11 is 5.98. The van der Waals surface area contributed by atoms with Crippen LogP contribution in [0.4, 0.5) is 0 Å². The quantitative estimate of drug-likeness (QED) is 0.752. The van der Waals surface area contributed by atoms with E-state index in [1.54, 1.807) is 31.2 Å².